The van der Waals surface area contributed by atoms with Crippen molar-refractivity contribution in [3.8, 4) is 0 Å². The molecule has 0 radical (unpaired) electrons. The molecule has 2 aromatic carbocycles. The average molecular weight is 452 g/mol. The monoisotopic (exact) mass is 451 g/mol. The number of halogens is 1. The van der Waals surface area contributed by atoms with Crippen LogP contribution in [0.1, 0.15) is 11.1 Å². The zero-order valence-corrected chi connectivity index (χ0v) is 18.4. The maximum Gasteiger partial charge on any atom is 0.199 e. The maximum atomic E-state index is 8.49. The zero-order chi connectivity index (χ0) is 23.1. The van der Waals surface area contributed by atoms with Crippen LogP contribution in [0.25, 0.3) is 11.3 Å². The van der Waals surface area contributed by atoms with E-state index in [1.807, 2.05) is 38.4 Å². The van der Waals surface area contributed by atoms with Crippen molar-refractivity contribution >= 4 is 17.0 Å². The molecule has 1 aliphatic carbocycles. The molecule has 0 aromatic heterocycles. The summed E-state index contributed by atoms with van der Waals surface area (Å²) in [5, 5.41) is 0. The van der Waals surface area contributed by atoms with Crippen LogP contribution in [0.2, 0.25) is 0 Å². The van der Waals surface area contributed by atoms with E-state index < -0.39 is 10.2 Å². The Morgan fingerprint density at radius 3 is 1.69 bits per heavy atom. The quantitative estimate of drug-likeness (QED) is 0.617. The van der Waals surface area contributed by atoms with E-state index in [-0.39, 0.29) is 0 Å². The van der Waals surface area contributed by atoms with E-state index in [4.69, 9.17) is 23.4 Å². The van der Waals surface area contributed by atoms with Gasteiger partial charge < -0.3 is 4.74 Å². The minimum Gasteiger partial charge on any atom is -0.456 e. The van der Waals surface area contributed by atoms with Crippen molar-refractivity contribution in [3.05, 3.63) is 120 Å². The second-order valence-corrected chi connectivity index (χ2v) is 7.88. The van der Waals surface area contributed by atoms with Crippen LogP contribution in [0.15, 0.2) is 108 Å². The number of hydrogen-bond acceptors (Lipinski definition) is 5. The third-order valence-electron chi connectivity index (χ3n) is 4.63. The van der Waals surface area contributed by atoms with Gasteiger partial charge in [0.2, 0.25) is 0 Å². The standard InChI is InChI=1S/C25H22NO.ClHO4/c1-26(2)23-15-13-21(14-16-23)25-18-22(19-9-5-3-6-10-19)17-24(27-25)20-11-7-4-8-12-20;2-1(3,4)5/h3-18H,1-2H3;(H,2,3,4,5)/q+1;/p-1. The highest BCUT2D eigenvalue weighted by Crippen LogP contribution is 2.33. The highest BCUT2D eigenvalue weighted by atomic mass is 35.7. The molecule has 7 heteroatoms. The van der Waals surface area contributed by atoms with Crippen LogP contribution in [-0.4, -0.2) is 24.4 Å². The molecule has 6 nitrogen and oxygen atoms in total. The Morgan fingerprint density at radius 2 is 1.19 bits per heavy atom. The summed E-state index contributed by atoms with van der Waals surface area (Å²) in [5.74, 6) is 1.73. The summed E-state index contributed by atoms with van der Waals surface area (Å²) in [4.78, 5) is 0. The van der Waals surface area contributed by atoms with Gasteiger partial charge in [-0.1, -0.05) is 60.7 Å². The summed E-state index contributed by atoms with van der Waals surface area (Å²) in [6.45, 7) is 0. The fraction of sp³-hybridized carbons (Fsp3) is 0.0800. The number of rotatable bonds is 2. The molecule has 0 fully saturated rings. The fourth-order valence-electron chi connectivity index (χ4n) is 3.11. The first-order valence-corrected chi connectivity index (χ1v) is 10.9. The summed E-state index contributed by atoms with van der Waals surface area (Å²) < 4.78 is 42.4. The Kier molecular flexibility index (Phi) is 7.58. The molecule has 1 aliphatic heterocycles. The van der Waals surface area contributed by atoms with E-state index in [1.165, 1.54) is 11.3 Å². The topological polar surface area (TPSA) is 104 Å². The van der Waals surface area contributed by atoms with Gasteiger partial charge in [0.25, 0.3) is 0 Å². The van der Waals surface area contributed by atoms with Crippen molar-refractivity contribution in [3.63, 3.8) is 0 Å². The van der Waals surface area contributed by atoms with E-state index in [1.54, 1.807) is 0 Å². The summed E-state index contributed by atoms with van der Waals surface area (Å²) in [5.41, 5.74) is 5.63. The van der Waals surface area contributed by atoms with Gasteiger partial charge >= 0.3 is 0 Å². The normalized spacial score (nSPS) is 15.4. The molecule has 164 valence electrons. The fourth-order valence-corrected chi connectivity index (χ4v) is 3.11. The van der Waals surface area contributed by atoms with E-state index in [9.17, 15) is 0 Å². The molecule has 2 aliphatic rings. The van der Waals surface area contributed by atoms with E-state index in [2.05, 4.69) is 77.4 Å². The minimum atomic E-state index is -4.94. The number of nitrogens with zero attached hydrogens (tertiary/aromatic N) is 1. The molecule has 0 atom stereocenters. The maximum absolute atomic E-state index is 8.49. The summed E-state index contributed by atoms with van der Waals surface area (Å²) in [7, 11) is -0.855. The lowest BCUT2D eigenvalue weighted by atomic mass is 9.98. The lowest BCUT2D eigenvalue weighted by Gasteiger charge is -2.20. The van der Waals surface area contributed by atoms with Gasteiger partial charge in [0.1, 0.15) is 25.6 Å². The van der Waals surface area contributed by atoms with Crippen LogP contribution < -0.4 is 18.6 Å². The van der Waals surface area contributed by atoms with Gasteiger partial charge in [0, 0.05) is 23.3 Å². The Labute approximate surface area is 189 Å². The average Bonchev–Trinajstić information content (AvgIpc) is 2.79. The molecule has 0 spiro atoms. The van der Waals surface area contributed by atoms with Crippen LogP contribution in [0.4, 0.5) is 0 Å². The lowest BCUT2D eigenvalue weighted by molar-refractivity contribution is -2.00. The van der Waals surface area contributed by atoms with Gasteiger partial charge in [-0.25, -0.2) is 23.2 Å². The molecule has 1 heterocycles. The van der Waals surface area contributed by atoms with Gasteiger partial charge in [-0.3, -0.25) is 0 Å². The van der Waals surface area contributed by atoms with E-state index >= 15 is 0 Å². The van der Waals surface area contributed by atoms with Crippen LogP contribution in [-0.2, 0) is 4.74 Å². The predicted octanol–water partition coefficient (Wildman–Crippen LogP) is 0.478. The predicted molar refractivity (Wildman–Crippen MR) is 112 cm³/mol. The first kappa shape index (κ1) is 23.4. The SMILES string of the molecule is C[N+](C)=C1C=CC(=C2C=C(c3ccccc3)C=C(c3ccccc3)O2)C=C1.[O-][Cl+3]([O-])([O-])[O-]. The number of benzene rings is 2. The van der Waals surface area contributed by atoms with Crippen LogP contribution in [0.5, 0.6) is 0 Å². The van der Waals surface area contributed by atoms with Gasteiger partial charge in [0.15, 0.2) is 5.71 Å². The Balaban J connectivity index is 0.000000523. The molecule has 0 saturated heterocycles. The first-order valence-electron chi connectivity index (χ1n) is 9.69. The van der Waals surface area contributed by atoms with Crippen molar-refractivity contribution in [2.75, 3.05) is 14.1 Å². The molecule has 0 saturated carbocycles. The van der Waals surface area contributed by atoms with Crippen molar-refractivity contribution < 1.29 is 38.2 Å². The molecule has 0 amide bonds. The van der Waals surface area contributed by atoms with Gasteiger partial charge in [-0.05, 0) is 35.4 Å². The van der Waals surface area contributed by atoms with Crippen LogP contribution in [0.3, 0.4) is 0 Å². The molecule has 2 aromatic rings. The number of ether oxygens (including phenoxy) is 1. The van der Waals surface area contributed by atoms with Crippen molar-refractivity contribution in [1.29, 1.82) is 0 Å². The summed E-state index contributed by atoms with van der Waals surface area (Å²) in [6, 6.07) is 20.7. The number of hydrogen-bond donors (Lipinski definition) is 0. The third kappa shape index (κ3) is 6.88. The van der Waals surface area contributed by atoms with E-state index in [0.29, 0.717) is 0 Å². The molecule has 0 bridgehead atoms. The highest BCUT2D eigenvalue weighted by Gasteiger charge is 2.17. The first-order chi connectivity index (χ1) is 15.2. The Morgan fingerprint density at radius 1 is 0.688 bits per heavy atom. The van der Waals surface area contributed by atoms with Crippen molar-refractivity contribution in [2.24, 2.45) is 0 Å². The lowest BCUT2D eigenvalue weighted by Crippen LogP contribution is -2.68. The Hall–Kier alpha value is -3.26. The van der Waals surface area contributed by atoms with Crippen molar-refractivity contribution in [1.82, 2.24) is 0 Å². The summed E-state index contributed by atoms with van der Waals surface area (Å²) >= 11 is 0. The molecular formula is C25H22ClNO5. The molecular weight excluding hydrogens is 430 g/mol. The van der Waals surface area contributed by atoms with Gasteiger partial charge in [-0.2, -0.15) is 0 Å². The zero-order valence-electron chi connectivity index (χ0n) is 17.6. The Bertz CT molecular complexity index is 1110. The van der Waals surface area contributed by atoms with E-state index in [0.717, 1.165) is 28.2 Å². The molecule has 0 unspecified atom stereocenters. The summed E-state index contributed by atoms with van der Waals surface area (Å²) in [6.07, 6.45) is 12.7. The second-order valence-electron chi connectivity index (χ2n) is 7.13. The van der Waals surface area contributed by atoms with Gasteiger partial charge in [0.05, 0.1) is 0 Å². The highest BCUT2D eigenvalue weighted by molar-refractivity contribution is 6.02. The largest absolute Gasteiger partial charge is 0.456 e. The smallest absolute Gasteiger partial charge is 0.199 e. The van der Waals surface area contributed by atoms with Gasteiger partial charge in [-0.15, -0.1) is 10.2 Å². The molecule has 32 heavy (non-hydrogen) atoms. The van der Waals surface area contributed by atoms with Crippen LogP contribution in [0, 0.1) is 10.2 Å². The van der Waals surface area contributed by atoms with Crippen LogP contribution >= 0.6 is 0 Å². The number of allylic oxidation sites excluding steroid dienone is 8. The third-order valence-corrected chi connectivity index (χ3v) is 4.63. The molecule has 0 N–H and O–H groups in total. The van der Waals surface area contributed by atoms with Crippen molar-refractivity contribution in [2.45, 2.75) is 0 Å². The molecule has 4 rings (SSSR count). The second kappa shape index (κ2) is 10.4. The minimum absolute atomic E-state index is 0.862.